The van der Waals surface area contributed by atoms with Crippen molar-refractivity contribution in [3.05, 3.63) is 69.2 Å². The molecule has 1 saturated heterocycles. The SMILES string of the molecule is CC(C)(C)CC1NC(C(=O)O)C(c2ccc(F)c(Cl)c2)C1(C#N)c1ccc(Cl)cc1F.NCC[C@H](O)CO. The minimum absolute atomic E-state index is 0.0374. The Bertz CT molecular complexity index is 1170. The normalized spacial score (nSPS) is 23.8. The lowest BCUT2D eigenvalue weighted by Crippen LogP contribution is -2.44. The number of nitrogens with one attached hydrogen (secondary N) is 1. The van der Waals surface area contributed by atoms with Gasteiger partial charge in [-0.15, -0.1) is 0 Å². The molecule has 0 saturated carbocycles. The molecule has 3 rings (SSSR count). The molecule has 1 aliphatic rings. The molecule has 1 aliphatic heterocycles. The fourth-order valence-electron chi connectivity index (χ4n) is 4.80. The van der Waals surface area contributed by atoms with Crippen LogP contribution in [0.1, 0.15) is 50.7 Å². The van der Waals surface area contributed by atoms with Crippen molar-refractivity contribution >= 4 is 29.2 Å². The molecule has 4 unspecified atom stereocenters. The second-order valence-corrected chi connectivity index (χ2v) is 11.3. The topological polar surface area (TPSA) is 140 Å². The molecule has 0 aromatic heterocycles. The Morgan fingerprint density at radius 3 is 2.32 bits per heavy atom. The highest BCUT2D eigenvalue weighted by Crippen LogP contribution is 2.52. The first kappa shape index (κ1) is 31.9. The van der Waals surface area contributed by atoms with Gasteiger partial charge in [-0.05, 0) is 54.6 Å². The van der Waals surface area contributed by atoms with Crippen LogP contribution in [0.15, 0.2) is 36.4 Å². The van der Waals surface area contributed by atoms with E-state index < -0.39 is 47.1 Å². The van der Waals surface area contributed by atoms with E-state index in [4.69, 9.17) is 39.1 Å². The van der Waals surface area contributed by atoms with Crippen LogP contribution in [0.25, 0.3) is 0 Å². The van der Waals surface area contributed by atoms with Gasteiger partial charge in [0.1, 0.15) is 23.1 Å². The molecule has 2 aromatic carbocycles. The van der Waals surface area contributed by atoms with Gasteiger partial charge in [-0.1, -0.05) is 56.1 Å². The predicted octanol–water partition coefficient (Wildman–Crippen LogP) is 4.37. The zero-order chi connectivity index (χ0) is 28.8. The van der Waals surface area contributed by atoms with E-state index in [1.54, 1.807) is 0 Å². The fourth-order valence-corrected chi connectivity index (χ4v) is 5.15. The van der Waals surface area contributed by atoms with Crippen molar-refractivity contribution in [3.63, 3.8) is 0 Å². The lowest BCUT2D eigenvalue weighted by atomic mass is 9.63. The molecule has 6 N–H and O–H groups in total. The fraction of sp³-hybridized carbons (Fsp3) is 0.481. The molecule has 0 amide bonds. The summed E-state index contributed by atoms with van der Waals surface area (Å²) in [5.74, 6) is -3.61. The second-order valence-electron chi connectivity index (χ2n) is 10.5. The molecule has 5 atom stereocenters. The summed E-state index contributed by atoms with van der Waals surface area (Å²) in [6, 6.07) is 8.13. The van der Waals surface area contributed by atoms with Gasteiger partial charge in [-0.3, -0.25) is 10.1 Å². The number of halogens is 4. The summed E-state index contributed by atoms with van der Waals surface area (Å²) < 4.78 is 29.0. The van der Waals surface area contributed by atoms with Crippen molar-refractivity contribution in [3.8, 4) is 6.07 Å². The maximum atomic E-state index is 15.2. The largest absolute Gasteiger partial charge is 0.480 e. The third-order valence-electron chi connectivity index (χ3n) is 6.41. The first-order chi connectivity index (χ1) is 17.7. The van der Waals surface area contributed by atoms with Crippen LogP contribution in [0, 0.1) is 28.4 Å². The van der Waals surface area contributed by atoms with E-state index in [1.807, 2.05) is 20.8 Å². The number of aliphatic hydroxyl groups excluding tert-OH is 2. The molecule has 1 heterocycles. The minimum atomic E-state index is -1.60. The minimum Gasteiger partial charge on any atom is -0.480 e. The van der Waals surface area contributed by atoms with Crippen LogP contribution in [-0.2, 0) is 10.2 Å². The van der Waals surface area contributed by atoms with Gasteiger partial charge in [-0.25, -0.2) is 8.78 Å². The summed E-state index contributed by atoms with van der Waals surface area (Å²) in [4.78, 5) is 12.2. The number of rotatable bonds is 7. The molecule has 11 heteroatoms. The third kappa shape index (κ3) is 7.20. The molecule has 1 fully saturated rings. The number of carbonyl (C=O) groups is 1. The van der Waals surface area contributed by atoms with Crippen molar-refractivity contribution in [1.82, 2.24) is 5.32 Å². The third-order valence-corrected chi connectivity index (χ3v) is 6.94. The summed E-state index contributed by atoms with van der Waals surface area (Å²) in [5, 5.41) is 40.2. The van der Waals surface area contributed by atoms with Crippen molar-refractivity contribution < 1.29 is 28.9 Å². The number of aliphatic carboxylic acids is 1. The number of hydrogen-bond acceptors (Lipinski definition) is 6. The average molecular weight is 572 g/mol. The van der Waals surface area contributed by atoms with Gasteiger partial charge in [0, 0.05) is 22.5 Å². The lowest BCUT2D eigenvalue weighted by molar-refractivity contribution is -0.139. The Labute approximate surface area is 231 Å². The van der Waals surface area contributed by atoms with Crippen LogP contribution in [0.5, 0.6) is 0 Å². The number of benzene rings is 2. The molecule has 38 heavy (non-hydrogen) atoms. The first-order valence-electron chi connectivity index (χ1n) is 12.0. The highest BCUT2D eigenvalue weighted by Gasteiger charge is 2.60. The monoisotopic (exact) mass is 571 g/mol. The number of nitrogens with zero attached hydrogens (tertiary/aromatic N) is 1. The molecular formula is C27H33Cl2F2N3O4. The summed E-state index contributed by atoms with van der Waals surface area (Å²) in [6.45, 7) is 6.10. The van der Waals surface area contributed by atoms with Crippen LogP contribution in [0.3, 0.4) is 0 Å². The van der Waals surface area contributed by atoms with Crippen LogP contribution >= 0.6 is 23.2 Å². The van der Waals surface area contributed by atoms with Gasteiger partial charge in [-0.2, -0.15) is 5.26 Å². The molecule has 0 aliphatic carbocycles. The van der Waals surface area contributed by atoms with E-state index >= 15 is 4.39 Å². The molecule has 0 bridgehead atoms. The van der Waals surface area contributed by atoms with Crippen molar-refractivity contribution in [1.29, 1.82) is 5.26 Å². The number of aliphatic hydroxyl groups is 2. The summed E-state index contributed by atoms with van der Waals surface area (Å²) in [5.41, 5.74) is 3.49. The quantitative estimate of drug-likeness (QED) is 0.332. The smallest absolute Gasteiger partial charge is 0.321 e. The maximum absolute atomic E-state index is 15.2. The summed E-state index contributed by atoms with van der Waals surface area (Å²) in [6.07, 6.45) is 0.249. The van der Waals surface area contributed by atoms with E-state index in [-0.39, 0.29) is 27.6 Å². The first-order valence-corrected chi connectivity index (χ1v) is 12.8. The van der Waals surface area contributed by atoms with E-state index in [2.05, 4.69) is 11.4 Å². The number of hydrogen-bond donors (Lipinski definition) is 5. The van der Waals surface area contributed by atoms with Crippen LogP contribution in [-0.4, -0.2) is 52.6 Å². The van der Waals surface area contributed by atoms with Crippen LogP contribution < -0.4 is 11.1 Å². The summed E-state index contributed by atoms with van der Waals surface area (Å²) in [7, 11) is 0. The Kier molecular flexibility index (Phi) is 11.0. The lowest BCUT2D eigenvalue weighted by Gasteiger charge is -2.37. The van der Waals surface area contributed by atoms with Crippen LogP contribution in [0.2, 0.25) is 10.0 Å². The molecule has 0 spiro atoms. The Morgan fingerprint density at radius 1 is 1.21 bits per heavy atom. The number of nitriles is 1. The average Bonchev–Trinajstić information content (AvgIpc) is 3.14. The Hall–Kier alpha value is -2.32. The maximum Gasteiger partial charge on any atom is 0.321 e. The zero-order valence-corrected chi connectivity index (χ0v) is 22.9. The highest BCUT2D eigenvalue weighted by atomic mass is 35.5. The predicted molar refractivity (Wildman–Crippen MR) is 142 cm³/mol. The molecule has 0 radical (unpaired) electrons. The van der Waals surface area contributed by atoms with Gasteiger partial charge in [0.05, 0.1) is 23.8 Å². The van der Waals surface area contributed by atoms with Gasteiger partial charge >= 0.3 is 5.97 Å². The zero-order valence-electron chi connectivity index (χ0n) is 21.4. The number of carboxylic acids is 1. The highest BCUT2D eigenvalue weighted by molar-refractivity contribution is 6.31. The number of nitrogens with two attached hydrogens (primary N) is 1. The van der Waals surface area contributed by atoms with E-state index in [0.29, 0.717) is 24.9 Å². The molecule has 7 nitrogen and oxygen atoms in total. The van der Waals surface area contributed by atoms with Gasteiger partial charge in [0.25, 0.3) is 0 Å². The van der Waals surface area contributed by atoms with E-state index in [1.165, 1.54) is 24.3 Å². The van der Waals surface area contributed by atoms with E-state index in [0.717, 1.165) is 12.1 Å². The van der Waals surface area contributed by atoms with Gasteiger partial charge in [0.2, 0.25) is 0 Å². The standard InChI is InChI=1S/C23H22Cl2F2N2O2.C4H11NO2/c1-22(2,3)10-18-23(11-28,14-6-5-13(24)9-17(14)27)19(20(29-18)21(30)31)12-4-7-16(26)15(25)8-12;5-2-1-4(7)3-6/h4-9,18-20,29H,10H2,1-3H3,(H,30,31);4,6-7H,1-3,5H2/t;4-/m.0/s1. The number of carboxylic acid groups (broad SMARTS) is 1. The van der Waals surface area contributed by atoms with Gasteiger partial charge < -0.3 is 21.1 Å². The second kappa shape index (κ2) is 13.2. The molecule has 2 aromatic rings. The van der Waals surface area contributed by atoms with Crippen molar-refractivity contribution in [2.75, 3.05) is 13.2 Å². The molecule has 208 valence electrons. The van der Waals surface area contributed by atoms with Crippen molar-refractivity contribution in [2.45, 2.75) is 63.1 Å². The Balaban J connectivity index is 0.000000638. The van der Waals surface area contributed by atoms with Crippen molar-refractivity contribution in [2.24, 2.45) is 11.1 Å². The summed E-state index contributed by atoms with van der Waals surface area (Å²) >= 11 is 11.9. The molecular weight excluding hydrogens is 539 g/mol. The van der Waals surface area contributed by atoms with E-state index in [9.17, 15) is 19.6 Å². The van der Waals surface area contributed by atoms with Crippen LogP contribution in [0.4, 0.5) is 8.78 Å². The Morgan fingerprint density at radius 2 is 1.87 bits per heavy atom. The van der Waals surface area contributed by atoms with Gasteiger partial charge in [0.15, 0.2) is 0 Å².